The van der Waals surface area contributed by atoms with Crippen LogP contribution in [0.4, 0.5) is 10.2 Å². The molecular weight excluding hydrogens is 491 g/mol. The van der Waals surface area contributed by atoms with E-state index < -0.39 is 17.2 Å². The molecule has 188 valence electrons. The van der Waals surface area contributed by atoms with Gasteiger partial charge in [0.25, 0.3) is 5.91 Å². The molecule has 1 aliphatic heterocycles. The number of pyridine rings is 3. The number of anilines is 1. The molecule has 5 heterocycles. The number of halogens is 1. The van der Waals surface area contributed by atoms with Gasteiger partial charge in [-0.25, -0.2) is 9.37 Å². The van der Waals surface area contributed by atoms with Crippen molar-refractivity contribution >= 4 is 49.1 Å². The second-order valence-corrected chi connectivity index (χ2v) is 10.2. The van der Waals surface area contributed by atoms with Gasteiger partial charge in [0.1, 0.15) is 10.4 Å². The molecule has 8 nitrogen and oxygen atoms in total. The van der Waals surface area contributed by atoms with Crippen LogP contribution >= 0.6 is 11.3 Å². The van der Waals surface area contributed by atoms with E-state index in [9.17, 15) is 9.59 Å². The lowest BCUT2D eigenvalue weighted by molar-refractivity contribution is 0.0954. The minimum Gasteiger partial charge on any atom is -0.352 e. The summed E-state index contributed by atoms with van der Waals surface area (Å²) in [7, 11) is 2.03. The van der Waals surface area contributed by atoms with Gasteiger partial charge >= 0.3 is 0 Å². The van der Waals surface area contributed by atoms with Crippen molar-refractivity contribution in [2.75, 3.05) is 44.7 Å². The van der Waals surface area contributed by atoms with E-state index in [1.165, 1.54) is 17.4 Å². The summed E-state index contributed by atoms with van der Waals surface area (Å²) in [4.78, 5) is 40.6. The molecule has 1 aromatic carbocycles. The Morgan fingerprint density at radius 2 is 1.89 bits per heavy atom. The monoisotopic (exact) mass is 516 g/mol. The molecule has 0 radical (unpaired) electrons. The first-order chi connectivity index (χ1) is 18.0. The van der Waals surface area contributed by atoms with Crippen molar-refractivity contribution in [3.8, 4) is 0 Å². The van der Waals surface area contributed by atoms with Crippen LogP contribution in [-0.2, 0) is 6.42 Å². The number of fused-ring (bicyclic) bond motifs is 5. The normalized spacial score (nSPS) is 14.6. The van der Waals surface area contributed by atoms with Gasteiger partial charge in [-0.3, -0.25) is 19.0 Å². The lowest BCUT2D eigenvalue weighted by atomic mass is 10.1. The lowest BCUT2D eigenvalue weighted by Gasteiger charge is -2.33. The van der Waals surface area contributed by atoms with Crippen LogP contribution in [-0.4, -0.2) is 64.9 Å². The van der Waals surface area contributed by atoms with Gasteiger partial charge in [-0.1, -0.05) is 18.2 Å². The molecule has 5 aromatic rings. The number of thiazole rings is 1. The number of nitrogens with zero attached hydrogens (tertiary/aromatic N) is 5. The Kier molecular flexibility index (Phi) is 6.05. The predicted octanol–water partition coefficient (Wildman–Crippen LogP) is 3.32. The highest BCUT2D eigenvalue weighted by atomic mass is 32.1. The number of para-hydroxylation sites is 1. The fourth-order valence-electron chi connectivity index (χ4n) is 4.78. The molecular formula is C27H25FN6O2S. The topological polar surface area (TPSA) is 82.8 Å². The molecule has 0 aliphatic carbocycles. The van der Waals surface area contributed by atoms with Gasteiger partial charge in [0, 0.05) is 51.0 Å². The number of aromatic nitrogens is 3. The molecule has 1 saturated heterocycles. The summed E-state index contributed by atoms with van der Waals surface area (Å²) in [5.74, 6) is -0.817. The minimum absolute atomic E-state index is 0.00303. The van der Waals surface area contributed by atoms with E-state index in [1.807, 2.05) is 58.8 Å². The quantitative estimate of drug-likeness (QED) is 0.386. The van der Waals surface area contributed by atoms with E-state index in [1.54, 1.807) is 6.20 Å². The van der Waals surface area contributed by atoms with Crippen LogP contribution in [0.2, 0.25) is 0 Å². The molecule has 0 atom stereocenters. The van der Waals surface area contributed by atoms with Crippen LogP contribution < -0.4 is 15.6 Å². The zero-order valence-electron chi connectivity index (χ0n) is 20.3. The zero-order valence-corrected chi connectivity index (χ0v) is 21.1. The molecule has 0 bridgehead atoms. The average Bonchev–Trinajstić information content (AvgIpc) is 3.29. The van der Waals surface area contributed by atoms with E-state index >= 15 is 4.39 Å². The highest BCUT2D eigenvalue weighted by Gasteiger charge is 2.26. The first-order valence-corrected chi connectivity index (χ1v) is 13.0. The number of hydrogen-bond donors (Lipinski definition) is 1. The number of hydrogen-bond acceptors (Lipinski definition) is 7. The van der Waals surface area contributed by atoms with Crippen molar-refractivity contribution in [2.45, 2.75) is 6.42 Å². The summed E-state index contributed by atoms with van der Waals surface area (Å²) in [5, 5.41) is 2.95. The fraction of sp³-hybridized carbons (Fsp3) is 0.259. The van der Waals surface area contributed by atoms with Crippen LogP contribution in [0.3, 0.4) is 0 Å². The Morgan fingerprint density at radius 1 is 1.11 bits per heavy atom. The number of carbonyl (C=O) groups is 1. The van der Waals surface area contributed by atoms with Crippen molar-refractivity contribution in [3.63, 3.8) is 0 Å². The first-order valence-electron chi connectivity index (χ1n) is 12.2. The molecule has 1 aliphatic rings. The smallest absolute Gasteiger partial charge is 0.258 e. The van der Waals surface area contributed by atoms with Gasteiger partial charge in [-0.05, 0) is 37.4 Å². The van der Waals surface area contributed by atoms with E-state index in [4.69, 9.17) is 4.98 Å². The maximum absolute atomic E-state index is 15.4. The van der Waals surface area contributed by atoms with E-state index in [2.05, 4.69) is 15.2 Å². The number of rotatable bonds is 5. The Balaban J connectivity index is 1.49. The molecule has 0 saturated carbocycles. The number of nitrogens with one attached hydrogen (secondary N) is 1. The third-order valence-corrected chi connectivity index (χ3v) is 7.92. The van der Waals surface area contributed by atoms with Gasteiger partial charge in [0.05, 0.1) is 15.6 Å². The standard InChI is InChI=1S/C27H25FN6O2S/c1-32-12-14-33(15-13-32)25-19(28)16-18-23(35)22(26(36)30-11-9-17-6-4-5-10-29-17)27-34(24(18)31-25)20-7-2-3-8-21(20)37-27/h2-8,10,16H,9,11-15H2,1H3,(H,30,36). The Bertz CT molecular complexity index is 1690. The van der Waals surface area contributed by atoms with Crippen LogP contribution in [0.15, 0.2) is 59.5 Å². The number of carbonyl (C=O) groups excluding carboxylic acids is 1. The number of benzene rings is 1. The largest absolute Gasteiger partial charge is 0.352 e. The van der Waals surface area contributed by atoms with Gasteiger partial charge in [0.2, 0.25) is 5.43 Å². The number of likely N-dealkylation sites (N-methyl/N-ethyl adjacent to an activating group) is 1. The van der Waals surface area contributed by atoms with Crippen LogP contribution in [0.1, 0.15) is 16.1 Å². The van der Waals surface area contributed by atoms with Crippen molar-refractivity contribution < 1.29 is 9.18 Å². The maximum atomic E-state index is 15.4. The summed E-state index contributed by atoms with van der Waals surface area (Å²) in [6.45, 7) is 3.20. The summed E-state index contributed by atoms with van der Waals surface area (Å²) in [6.07, 6.45) is 2.23. The van der Waals surface area contributed by atoms with Crippen LogP contribution in [0.5, 0.6) is 0 Å². The van der Waals surface area contributed by atoms with Gasteiger partial charge < -0.3 is 15.1 Å². The van der Waals surface area contributed by atoms with Crippen molar-refractivity contribution in [1.82, 2.24) is 24.6 Å². The molecule has 10 heteroatoms. The molecule has 4 aromatic heterocycles. The third-order valence-electron chi connectivity index (χ3n) is 6.77. The lowest BCUT2D eigenvalue weighted by Crippen LogP contribution is -2.45. The minimum atomic E-state index is -0.560. The van der Waals surface area contributed by atoms with Gasteiger partial charge in [-0.15, -0.1) is 11.3 Å². The Hall–Kier alpha value is -3.89. The fourth-order valence-corrected chi connectivity index (χ4v) is 5.96. The zero-order chi connectivity index (χ0) is 25.5. The second kappa shape index (κ2) is 9.53. The molecule has 0 unspecified atom stereocenters. The third kappa shape index (κ3) is 4.21. The van der Waals surface area contributed by atoms with E-state index in [-0.39, 0.29) is 16.8 Å². The van der Waals surface area contributed by atoms with Gasteiger partial charge in [-0.2, -0.15) is 0 Å². The average molecular weight is 517 g/mol. The van der Waals surface area contributed by atoms with Crippen molar-refractivity contribution in [3.05, 3.63) is 82.0 Å². The molecule has 6 rings (SSSR count). The summed E-state index contributed by atoms with van der Waals surface area (Å²) in [6, 6.07) is 14.5. The highest BCUT2D eigenvalue weighted by molar-refractivity contribution is 7.24. The predicted molar refractivity (Wildman–Crippen MR) is 144 cm³/mol. The molecule has 0 spiro atoms. The van der Waals surface area contributed by atoms with Gasteiger partial charge in [0.15, 0.2) is 17.3 Å². The van der Waals surface area contributed by atoms with Crippen molar-refractivity contribution in [1.29, 1.82) is 0 Å². The van der Waals surface area contributed by atoms with E-state index in [0.717, 1.165) is 29.0 Å². The first kappa shape index (κ1) is 23.5. The van der Waals surface area contributed by atoms with Crippen LogP contribution in [0, 0.1) is 5.82 Å². The summed E-state index contributed by atoms with van der Waals surface area (Å²) < 4.78 is 18.1. The Labute approximate surface area is 216 Å². The molecule has 1 N–H and O–H groups in total. The maximum Gasteiger partial charge on any atom is 0.258 e. The SMILES string of the molecule is CN1CCN(c2nc3c(cc2F)c(=O)c(C(=O)NCCc2ccccn2)c2sc4ccccc4n23)CC1. The molecule has 1 amide bonds. The molecule has 37 heavy (non-hydrogen) atoms. The number of piperazine rings is 1. The molecule has 1 fully saturated rings. The highest BCUT2D eigenvalue weighted by Crippen LogP contribution is 2.32. The summed E-state index contributed by atoms with van der Waals surface area (Å²) in [5.41, 5.74) is 1.50. The summed E-state index contributed by atoms with van der Waals surface area (Å²) >= 11 is 1.36. The second-order valence-electron chi connectivity index (χ2n) is 9.20. The van der Waals surface area contributed by atoms with Crippen molar-refractivity contribution in [2.24, 2.45) is 0 Å². The Morgan fingerprint density at radius 3 is 2.68 bits per heavy atom. The van der Waals surface area contributed by atoms with Crippen LogP contribution in [0.25, 0.3) is 26.1 Å². The number of amides is 1. The van der Waals surface area contributed by atoms with E-state index in [0.29, 0.717) is 36.5 Å².